The molecule has 3 amide bonds. The molecule has 0 aromatic heterocycles. The molecule has 0 radical (unpaired) electrons. The molecule has 3 aromatic carbocycles. The van der Waals surface area contributed by atoms with Crippen LogP contribution in [0.2, 0.25) is 0 Å². The molecule has 0 bridgehead atoms. The Labute approximate surface area is 164 Å². The number of imide groups is 1. The van der Waals surface area contributed by atoms with E-state index in [2.05, 4.69) is 10.6 Å². The van der Waals surface area contributed by atoms with Crippen LogP contribution >= 0.6 is 0 Å². The summed E-state index contributed by atoms with van der Waals surface area (Å²) in [6, 6.07) is 28.4. The third-order valence-electron chi connectivity index (χ3n) is 4.61. The second-order valence-corrected chi connectivity index (χ2v) is 6.45. The van der Waals surface area contributed by atoms with Crippen LogP contribution in [0.15, 0.2) is 91.0 Å². The predicted octanol–water partition coefficient (Wildman–Crippen LogP) is 2.54. The Morgan fingerprint density at radius 2 is 1.14 bits per heavy atom. The maximum atomic E-state index is 12.9. The molecule has 142 valence electrons. The Kier molecular flexibility index (Phi) is 6.54. The summed E-state index contributed by atoms with van der Waals surface area (Å²) < 4.78 is 0. The van der Waals surface area contributed by atoms with E-state index in [-0.39, 0.29) is 11.9 Å². The van der Waals surface area contributed by atoms with E-state index in [4.69, 9.17) is 0 Å². The third kappa shape index (κ3) is 4.84. The first-order valence-corrected chi connectivity index (χ1v) is 9.21. The number of hydrogen-bond donors (Lipinski definition) is 3. The molecule has 28 heavy (non-hydrogen) atoms. The van der Waals surface area contributed by atoms with Crippen molar-refractivity contribution < 1.29 is 14.9 Å². The van der Waals surface area contributed by atoms with Crippen LogP contribution in [0.5, 0.6) is 0 Å². The highest BCUT2D eigenvalue weighted by atomic mass is 16.2. The van der Waals surface area contributed by atoms with E-state index < -0.39 is 12.1 Å². The average Bonchev–Trinajstić information content (AvgIpc) is 2.76. The van der Waals surface area contributed by atoms with Gasteiger partial charge < -0.3 is 10.6 Å². The van der Waals surface area contributed by atoms with Crippen molar-refractivity contribution in [3.8, 4) is 0 Å². The lowest BCUT2D eigenvalue weighted by Gasteiger charge is -2.23. The molecule has 3 rings (SSSR count). The number of urea groups is 1. The molecule has 0 aliphatic carbocycles. The van der Waals surface area contributed by atoms with Gasteiger partial charge >= 0.3 is 6.03 Å². The summed E-state index contributed by atoms with van der Waals surface area (Å²) in [5, 5.41) is 6.85. The summed E-state index contributed by atoms with van der Waals surface area (Å²) in [4.78, 5) is 24.6. The molecule has 0 saturated carbocycles. The summed E-state index contributed by atoms with van der Waals surface area (Å²) in [6.45, 7) is 0. The summed E-state index contributed by atoms with van der Waals surface area (Å²) in [6.07, 6.45) is 0. The van der Waals surface area contributed by atoms with Crippen LogP contribution in [0.3, 0.4) is 0 Å². The monoisotopic (exact) mass is 374 g/mol. The highest BCUT2D eigenvalue weighted by Crippen LogP contribution is 2.20. The van der Waals surface area contributed by atoms with Crippen LogP contribution in [0.25, 0.3) is 0 Å². The Balaban J connectivity index is 1.98. The van der Waals surface area contributed by atoms with E-state index in [1.807, 2.05) is 96.3 Å². The van der Waals surface area contributed by atoms with E-state index in [0.717, 1.165) is 16.7 Å². The zero-order chi connectivity index (χ0) is 19.8. The minimum atomic E-state index is -0.580. The number of carbonyl (C=O) groups excluding carboxylic acids is 2. The first-order valence-electron chi connectivity index (χ1n) is 9.21. The van der Waals surface area contributed by atoms with Crippen molar-refractivity contribution in [1.82, 2.24) is 10.6 Å². The van der Waals surface area contributed by atoms with Crippen molar-refractivity contribution in [1.29, 1.82) is 0 Å². The van der Waals surface area contributed by atoms with E-state index >= 15 is 0 Å². The Morgan fingerprint density at radius 3 is 1.57 bits per heavy atom. The fourth-order valence-electron chi connectivity index (χ4n) is 3.19. The Bertz CT molecular complexity index is 859. The van der Waals surface area contributed by atoms with E-state index in [0.29, 0.717) is 0 Å². The van der Waals surface area contributed by atoms with Gasteiger partial charge in [-0.1, -0.05) is 91.0 Å². The van der Waals surface area contributed by atoms with Crippen molar-refractivity contribution in [2.24, 2.45) is 0 Å². The standard InChI is InChI=1S/C23H23N3O2/c1-24-23(28)26-22(27)21(19-15-9-4-10-16-19)25-20(17-11-5-2-6-12-17)18-13-7-3-8-14-18/h2-16,20-21,25H,1H3,(H2,24,26,27,28)/p+1/t21-/m1/s1. The number of hydrogen-bond acceptors (Lipinski definition) is 2. The van der Waals surface area contributed by atoms with Crippen molar-refractivity contribution in [3.63, 3.8) is 0 Å². The summed E-state index contributed by atoms with van der Waals surface area (Å²) in [5.74, 6) is -0.359. The molecular formula is C23H24N3O2+. The van der Waals surface area contributed by atoms with Crippen LogP contribution in [-0.4, -0.2) is 19.0 Å². The maximum Gasteiger partial charge on any atom is 0.321 e. The smallest absolute Gasteiger partial charge is 0.321 e. The molecule has 1 atom stereocenters. The molecule has 0 heterocycles. The first-order chi connectivity index (χ1) is 13.7. The summed E-state index contributed by atoms with van der Waals surface area (Å²) in [5.41, 5.74) is 3.01. The van der Waals surface area contributed by atoms with Gasteiger partial charge in [-0.3, -0.25) is 10.1 Å². The fraction of sp³-hybridized carbons (Fsp3) is 0.130. The van der Waals surface area contributed by atoms with E-state index in [1.54, 1.807) is 0 Å². The van der Waals surface area contributed by atoms with Gasteiger partial charge in [0, 0.05) is 23.7 Å². The second-order valence-electron chi connectivity index (χ2n) is 6.45. The molecule has 5 heteroatoms. The molecule has 0 saturated heterocycles. The number of amides is 3. The van der Waals surface area contributed by atoms with Gasteiger partial charge in [-0.05, 0) is 0 Å². The highest BCUT2D eigenvalue weighted by molar-refractivity contribution is 5.96. The van der Waals surface area contributed by atoms with Gasteiger partial charge in [0.25, 0.3) is 5.91 Å². The lowest BCUT2D eigenvalue weighted by Crippen LogP contribution is -2.88. The quantitative estimate of drug-likeness (QED) is 0.620. The lowest BCUT2D eigenvalue weighted by molar-refractivity contribution is -0.713. The fourth-order valence-corrected chi connectivity index (χ4v) is 3.19. The minimum absolute atomic E-state index is 0.0944. The van der Waals surface area contributed by atoms with Gasteiger partial charge in [-0.15, -0.1) is 0 Å². The van der Waals surface area contributed by atoms with Gasteiger partial charge in [0.2, 0.25) is 0 Å². The second kappa shape index (κ2) is 9.48. The van der Waals surface area contributed by atoms with Crippen molar-refractivity contribution >= 4 is 11.9 Å². The van der Waals surface area contributed by atoms with Crippen LogP contribution in [0.1, 0.15) is 28.8 Å². The van der Waals surface area contributed by atoms with Gasteiger partial charge in [-0.2, -0.15) is 0 Å². The average molecular weight is 374 g/mol. The molecule has 0 fully saturated rings. The molecule has 4 N–H and O–H groups in total. The van der Waals surface area contributed by atoms with Crippen molar-refractivity contribution in [2.45, 2.75) is 12.1 Å². The molecule has 5 nitrogen and oxygen atoms in total. The number of nitrogens with two attached hydrogens (primary N) is 1. The topological polar surface area (TPSA) is 74.8 Å². The number of rotatable bonds is 6. The largest absolute Gasteiger partial charge is 0.341 e. The number of quaternary nitrogens is 1. The number of nitrogens with one attached hydrogen (secondary N) is 2. The van der Waals surface area contributed by atoms with Gasteiger partial charge in [-0.25, -0.2) is 4.79 Å². The first kappa shape index (κ1) is 19.3. The molecule has 0 unspecified atom stereocenters. The van der Waals surface area contributed by atoms with Gasteiger partial charge in [0.1, 0.15) is 6.04 Å². The lowest BCUT2D eigenvalue weighted by atomic mass is 9.96. The maximum absolute atomic E-state index is 12.9. The third-order valence-corrected chi connectivity index (χ3v) is 4.61. The predicted molar refractivity (Wildman–Crippen MR) is 108 cm³/mol. The van der Waals surface area contributed by atoms with Crippen LogP contribution < -0.4 is 16.0 Å². The van der Waals surface area contributed by atoms with Crippen LogP contribution in [-0.2, 0) is 4.79 Å². The molecule has 3 aromatic rings. The summed E-state index contributed by atoms with van der Waals surface area (Å²) >= 11 is 0. The normalized spacial score (nSPS) is 11.6. The molecule has 0 spiro atoms. The zero-order valence-electron chi connectivity index (χ0n) is 15.7. The molecular weight excluding hydrogens is 350 g/mol. The minimum Gasteiger partial charge on any atom is -0.341 e. The summed E-state index contributed by atoms with van der Waals surface area (Å²) in [7, 11) is 1.49. The highest BCUT2D eigenvalue weighted by Gasteiger charge is 2.30. The van der Waals surface area contributed by atoms with E-state index in [1.165, 1.54) is 7.05 Å². The number of benzene rings is 3. The van der Waals surface area contributed by atoms with E-state index in [9.17, 15) is 9.59 Å². The van der Waals surface area contributed by atoms with Crippen molar-refractivity contribution in [2.75, 3.05) is 7.05 Å². The zero-order valence-corrected chi connectivity index (χ0v) is 15.7. The van der Waals surface area contributed by atoms with Gasteiger partial charge in [0.15, 0.2) is 6.04 Å². The Hall–Kier alpha value is -3.44. The SMILES string of the molecule is CNC(=O)NC(=O)[C@H]([NH2+]C(c1ccccc1)c1ccccc1)c1ccccc1. The van der Waals surface area contributed by atoms with Gasteiger partial charge in [0.05, 0.1) is 0 Å². The Morgan fingerprint density at radius 1 is 0.714 bits per heavy atom. The molecule has 0 aliphatic rings. The van der Waals surface area contributed by atoms with Crippen molar-refractivity contribution in [3.05, 3.63) is 108 Å². The molecule has 0 aliphatic heterocycles. The van der Waals surface area contributed by atoms with Crippen LogP contribution in [0.4, 0.5) is 4.79 Å². The number of carbonyl (C=O) groups is 2. The van der Waals surface area contributed by atoms with Crippen LogP contribution in [0, 0.1) is 0 Å².